The maximum absolute atomic E-state index is 13.4. The highest BCUT2D eigenvalue weighted by Gasteiger charge is 2.55. The molecular formula is C34H68O7. The smallest absolute Gasteiger partial charge is 0.314 e. The topological polar surface area (TPSA) is 99.1 Å². The molecule has 8 unspecified atom stereocenters. The van der Waals surface area contributed by atoms with E-state index in [0.717, 1.165) is 25.2 Å². The zero-order chi connectivity index (χ0) is 25.4. The number of hydrogen-bond acceptors (Lipinski definition) is 6. The van der Waals surface area contributed by atoms with Gasteiger partial charge in [-0.2, -0.15) is 0 Å². The molecule has 7 nitrogen and oxygen atoms in total. The molecule has 4 rings (SSSR count). The first kappa shape index (κ1) is 43.8. The van der Waals surface area contributed by atoms with Crippen LogP contribution in [0.3, 0.4) is 0 Å². The first-order valence-electron chi connectivity index (χ1n) is 13.8. The molecule has 0 spiro atoms. The number of fused-ring (bicyclic) bond motifs is 5. The summed E-state index contributed by atoms with van der Waals surface area (Å²) in [5.41, 5.74) is -2.29. The maximum Gasteiger partial charge on any atom is 0.314 e. The lowest BCUT2D eigenvalue weighted by Crippen LogP contribution is -2.43. The molecule has 1 heterocycles. The number of aliphatic carboxylic acids is 1. The number of carboxylic acid groups (broad SMARTS) is 1. The van der Waals surface area contributed by atoms with E-state index in [2.05, 4.69) is 0 Å². The van der Waals surface area contributed by atoms with Crippen LogP contribution in [-0.2, 0) is 28.6 Å². The number of rotatable bonds is 10. The van der Waals surface area contributed by atoms with E-state index in [1.807, 2.05) is 6.92 Å². The van der Waals surface area contributed by atoms with E-state index in [1.54, 1.807) is 20.8 Å². The minimum absolute atomic E-state index is 0. The van der Waals surface area contributed by atoms with Crippen molar-refractivity contribution in [3.05, 3.63) is 0 Å². The fraction of sp³-hybridized carbons (Fsp3) is 0.912. The molecule has 3 saturated carbocycles. The predicted octanol–water partition coefficient (Wildman–Crippen LogP) is 9.16. The molecule has 0 aromatic carbocycles. The van der Waals surface area contributed by atoms with E-state index in [1.165, 1.54) is 25.7 Å². The lowest BCUT2D eigenvalue weighted by molar-refractivity contribution is -0.200. The monoisotopic (exact) mass is 588 g/mol. The molecule has 41 heavy (non-hydrogen) atoms. The Labute approximate surface area is 253 Å². The third-order valence-electron chi connectivity index (χ3n) is 9.44. The van der Waals surface area contributed by atoms with Gasteiger partial charge in [-0.1, -0.05) is 57.9 Å². The SMILES string of the molecule is C.C.C.C.C.C.CCC(CC(C)(CC(C)(C)C(=O)O)C(=O)OC1CCCCO1)C(=O)OC1CC2CC1C1CCCC21. The Balaban J connectivity index is -0.00000241. The van der Waals surface area contributed by atoms with Crippen molar-refractivity contribution in [1.82, 2.24) is 0 Å². The van der Waals surface area contributed by atoms with Crippen LogP contribution < -0.4 is 0 Å². The van der Waals surface area contributed by atoms with Crippen molar-refractivity contribution in [2.75, 3.05) is 6.61 Å². The van der Waals surface area contributed by atoms with Crippen LogP contribution >= 0.6 is 0 Å². The third-order valence-corrected chi connectivity index (χ3v) is 9.44. The third kappa shape index (κ3) is 9.43. The van der Waals surface area contributed by atoms with Crippen molar-refractivity contribution in [3.8, 4) is 0 Å². The number of hydrogen-bond donors (Lipinski definition) is 1. The summed E-state index contributed by atoms with van der Waals surface area (Å²) < 4.78 is 17.5. The van der Waals surface area contributed by atoms with Crippen molar-refractivity contribution >= 4 is 17.9 Å². The summed E-state index contributed by atoms with van der Waals surface area (Å²) in [6.07, 6.45) is 8.72. The Hall–Kier alpha value is -1.63. The van der Waals surface area contributed by atoms with Gasteiger partial charge in [0.05, 0.1) is 23.4 Å². The molecule has 0 amide bonds. The Morgan fingerprint density at radius 3 is 2.05 bits per heavy atom. The minimum Gasteiger partial charge on any atom is -0.481 e. The van der Waals surface area contributed by atoms with Crippen molar-refractivity contribution in [2.45, 2.75) is 155 Å². The van der Waals surface area contributed by atoms with Crippen LogP contribution in [0.1, 0.15) is 143 Å². The van der Waals surface area contributed by atoms with Crippen molar-refractivity contribution in [3.63, 3.8) is 0 Å². The molecule has 4 fully saturated rings. The molecule has 8 atom stereocenters. The molecule has 0 radical (unpaired) electrons. The summed E-state index contributed by atoms with van der Waals surface area (Å²) in [5.74, 6) is 0.516. The molecule has 1 saturated heterocycles. The summed E-state index contributed by atoms with van der Waals surface area (Å²) in [7, 11) is 0. The van der Waals surface area contributed by atoms with Gasteiger partial charge in [0.15, 0.2) is 0 Å². The van der Waals surface area contributed by atoms with E-state index >= 15 is 0 Å². The second-order valence-corrected chi connectivity index (χ2v) is 12.6. The molecule has 1 N–H and O–H groups in total. The average Bonchev–Trinajstić information content (AvgIpc) is 3.51. The van der Waals surface area contributed by atoms with Crippen molar-refractivity contribution in [2.24, 2.45) is 40.4 Å². The summed E-state index contributed by atoms with van der Waals surface area (Å²) in [6.45, 7) is 7.44. The van der Waals surface area contributed by atoms with Crippen LogP contribution in [0, 0.1) is 40.4 Å². The van der Waals surface area contributed by atoms with Gasteiger partial charge in [-0.05, 0) is 102 Å². The first-order valence-corrected chi connectivity index (χ1v) is 13.8. The predicted molar refractivity (Wildman–Crippen MR) is 170 cm³/mol. The van der Waals surface area contributed by atoms with Crippen molar-refractivity contribution in [1.29, 1.82) is 0 Å². The number of esters is 2. The van der Waals surface area contributed by atoms with Gasteiger partial charge in [-0.3, -0.25) is 14.4 Å². The quantitative estimate of drug-likeness (QED) is 0.254. The minimum atomic E-state index is -1.15. The molecule has 3 aliphatic carbocycles. The molecule has 246 valence electrons. The molecule has 2 bridgehead atoms. The standard InChI is InChI=1S/C28H44O7.6CH4/c1-5-17(24(29)34-22-14-18-13-21(22)20-10-8-9-19(18)20)15-28(4,16-27(2,3)25(30)31)26(32)35-23-11-6-7-12-33-23;;;;;;/h17-23H,5-16H2,1-4H3,(H,30,31);6*1H4. The molecule has 0 aromatic rings. The fourth-order valence-electron chi connectivity index (χ4n) is 7.67. The normalized spacial score (nSPS) is 29.6. The van der Waals surface area contributed by atoms with Crippen LogP contribution in [-0.4, -0.2) is 42.0 Å². The number of carboxylic acids is 1. The highest BCUT2D eigenvalue weighted by Crippen LogP contribution is 2.59. The van der Waals surface area contributed by atoms with E-state index in [0.29, 0.717) is 37.2 Å². The van der Waals surface area contributed by atoms with E-state index in [9.17, 15) is 19.5 Å². The van der Waals surface area contributed by atoms with Gasteiger partial charge in [0, 0.05) is 6.42 Å². The number of carbonyl (C=O) groups excluding carboxylic acids is 2. The average molecular weight is 589 g/mol. The van der Waals surface area contributed by atoms with Crippen LogP contribution in [0.2, 0.25) is 0 Å². The second-order valence-electron chi connectivity index (χ2n) is 12.6. The largest absolute Gasteiger partial charge is 0.481 e. The Morgan fingerprint density at radius 1 is 0.854 bits per heavy atom. The van der Waals surface area contributed by atoms with Gasteiger partial charge in [0.1, 0.15) is 6.10 Å². The summed E-state index contributed by atoms with van der Waals surface area (Å²) in [5, 5.41) is 9.76. The molecule has 7 heteroatoms. The second kappa shape index (κ2) is 17.5. The molecular weight excluding hydrogens is 520 g/mol. The Bertz CT molecular complexity index is 803. The lowest BCUT2D eigenvalue weighted by atomic mass is 9.69. The highest BCUT2D eigenvalue weighted by molar-refractivity contribution is 5.81. The van der Waals surface area contributed by atoms with E-state index in [-0.39, 0.29) is 69.5 Å². The van der Waals surface area contributed by atoms with Crippen LogP contribution in [0.4, 0.5) is 0 Å². The van der Waals surface area contributed by atoms with Gasteiger partial charge in [-0.15, -0.1) is 0 Å². The molecule has 0 aromatic heterocycles. The van der Waals surface area contributed by atoms with Gasteiger partial charge in [0.25, 0.3) is 0 Å². The van der Waals surface area contributed by atoms with Gasteiger partial charge in [-0.25, -0.2) is 0 Å². The summed E-state index contributed by atoms with van der Waals surface area (Å²) in [4.78, 5) is 38.7. The molecule has 1 aliphatic heterocycles. The Kier molecular flexibility index (Phi) is 18.7. The van der Waals surface area contributed by atoms with Crippen LogP contribution in [0.15, 0.2) is 0 Å². The van der Waals surface area contributed by atoms with Crippen LogP contribution in [0.25, 0.3) is 0 Å². The zero-order valence-electron chi connectivity index (χ0n) is 21.9. The summed E-state index contributed by atoms with van der Waals surface area (Å²) in [6, 6.07) is 0. The lowest BCUT2D eigenvalue weighted by Gasteiger charge is -2.37. The van der Waals surface area contributed by atoms with Gasteiger partial charge >= 0.3 is 17.9 Å². The Morgan fingerprint density at radius 2 is 1.49 bits per heavy atom. The highest BCUT2D eigenvalue weighted by atomic mass is 16.7. The van der Waals surface area contributed by atoms with Crippen LogP contribution in [0.5, 0.6) is 0 Å². The first-order chi connectivity index (χ1) is 16.5. The zero-order valence-corrected chi connectivity index (χ0v) is 21.9. The molecule has 4 aliphatic rings. The van der Waals surface area contributed by atoms with Crippen molar-refractivity contribution < 1.29 is 33.7 Å². The fourth-order valence-corrected chi connectivity index (χ4v) is 7.67. The number of carbonyl (C=O) groups is 3. The van der Waals surface area contributed by atoms with Gasteiger partial charge < -0.3 is 19.3 Å². The number of ether oxygens (including phenoxy) is 3. The summed E-state index contributed by atoms with van der Waals surface area (Å²) >= 11 is 0. The van der Waals surface area contributed by atoms with E-state index in [4.69, 9.17) is 14.2 Å². The van der Waals surface area contributed by atoms with E-state index < -0.39 is 35.0 Å². The maximum atomic E-state index is 13.4. The van der Waals surface area contributed by atoms with Gasteiger partial charge in [0.2, 0.25) is 6.29 Å².